The number of benzene rings is 2. The number of aliphatic carboxylic acids is 1. The lowest BCUT2D eigenvalue weighted by molar-refractivity contribution is -0.142. The third-order valence-electron chi connectivity index (χ3n) is 5.92. The summed E-state index contributed by atoms with van der Waals surface area (Å²) in [6, 6.07) is 22.0. The van der Waals surface area contributed by atoms with E-state index in [2.05, 4.69) is 51.2 Å². The van der Waals surface area contributed by atoms with Crippen LogP contribution in [0.25, 0.3) is 0 Å². The molecule has 37 heavy (non-hydrogen) atoms. The number of pyridine rings is 1. The average molecular weight is 526 g/mol. The van der Waals surface area contributed by atoms with Gasteiger partial charge < -0.3 is 9.84 Å². The third-order valence-corrected chi connectivity index (χ3v) is 6.18. The maximum Gasteiger partial charge on any atom is 0.329 e. The van der Waals surface area contributed by atoms with Crippen LogP contribution in [0.2, 0.25) is 5.02 Å². The first kappa shape index (κ1) is 28.2. The molecule has 2 aromatic carbocycles. The van der Waals surface area contributed by atoms with E-state index in [4.69, 9.17) is 27.3 Å². The number of hydrogen-bond donors (Lipinski definition) is 3. The molecule has 1 amide bonds. The fourth-order valence-corrected chi connectivity index (χ4v) is 4.21. The molecule has 2 heterocycles. The largest absolute Gasteiger partial charge is 0.480 e. The Labute approximate surface area is 221 Å². The Hall–Kier alpha value is -3.34. The Morgan fingerprint density at radius 3 is 2.19 bits per heavy atom. The molecule has 9 nitrogen and oxygen atoms in total. The number of ether oxygens (including phenoxy) is 1. The number of nitrogen functional groups attached to an aromatic ring is 1. The van der Waals surface area contributed by atoms with Crippen LogP contribution in [0.1, 0.15) is 27.5 Å². The van der Waals surface area contributed by atoms with Crippen LogP contribution in [-0.4, -0.2) is 77.7 Å². The van der Waals surface area contributed by atoms with Crippen molar-refractivity contribution in [3.8, 4) is 0 Å². The second-order valence-electron chi connectivity index (χ2n) is 8.40. The van der Waals surface area contributed by atoms with Gasteiger partial charge in [-0.15, -0.1) is 0 Å². The quantitative estimate of drug-likeness (QED) is 0.169. The maximum absolute atomic E-state index is 10.7. The van der Waals surface area contributed by atoms with Gasteiger partial charge >= 0.3 is 5.97 Å². The van der Waals surface area contributed by atoms with Crippen LogP contribution in [0, 0.1) is 0 Å². The molecule has 0 aliphatic carbocycles. The molecule has 4 N–H and O–H groups in total. The van der Waals surface area contributed by atoms with E-state index < -0.39 is 5.97 Å². The van der Waals surface area contributed by atoms with Gasteiger partial charge in [0.1, 0.15) is 6.61 Å². The van der Waals surface area contributed by atoms with Gasteiger partial charge in [0.25, 0.3) is 5.91 Å². The molecule has 0 radical (unpaired) electrons. The molecule has 1 aliphatic heterocycles. The highest BCUT2D eigenvalue weighted by molar-refractivity contribution is 6.30. The highest BCUT2D eigenvalue weighted by Crippen LogP contribution is 2.30. The average Bonchev–Trinajstić information content (AvgIpc) is 2.94. The summed E-state index contributed by atoms with van der Waals surface area (Å²) in [4.78, 5) is 29.8. The SMILES string of the molecule is NNC(=O)c1ccncc1.O=C(O)COCCN1CCN(C(c2ccccc2)c2ccc(Cl)cc2)CC1. The normalized spacial score (nSPS) is 14.8. The maximum atomic E-state index is 10.7. The number of hydrogen-bond acceptors (Lipinski definition) is 7. The second kappa shape index (κ2) is 15.0. The standard InChI is InChI=1S/C21H25ClN2O3.C6H7N3O/c22-19-8-6-18(7-9-19)21(17-4-2-1-3-5-17)24-12-10-23(11-13-24)14-15-27-16-20(25)26;7-9-6(10)5-1-3-8-4-2-5/h1-9,21H,10-16H2,(H,25,26);1-4H,7H2,(H,9,10). The first-order valence-electron chi connectivity index (χ1n) is 11.9. The monoisotopic (exact) mass is 525 g/mol. The highest BCUT2D eigenvalue weighted by atomic mass is 35.5. The number of carbonyl (C=O) groups excluding carboxylic acids is 1. The van der Waals surface area contributed by atoms with Crippen molar-refractivity contribution in [2.75, 3.05) is 45.9 Å². The zero-order valence-electron chi connectivity index (χ0n) is 20.5. The molecule has 0 saturated carbocycles. The van der Waals surface area contributed by atoms with Crippen LogP contribution in [0.3, 0.4) is 0 Å². The molecule has 10 heteroatoms. The number of halogens is 1. The third kappa shape index (κ3) is 9.23. The Balaban J connectivity index is 0.000000319. The summed E-state index contributed by atoms with van der Waals surface area (Å²) in [6.07, 6.45) is 3.06. The van der Waals surface area contributed by atoms with Crippen molar-refractivity contribution in [3.63, 3.8) is 0 Å². The zero-order chi connectivity index (χ0) is 26.5. The minimum atomic E-state index is -0.923. The lowest BCUT2D eigenvalue weighted by Crippen LogP contribution is -2.48. The van der Waals surface area contributed by atoms with Gasteiger partial charge in [-0.25, -0.2) is 10.6 Å². The predicted molar refractivity (Wildman–Crippen MR) is 142 cm³/mol. The van der Waals surface area contributed by atoms with Gasteiger partial charge in [0.15, 0.2) is 0 Å². The number of carboxylic acids is 1. The number of hydrazine groups is 1. The van der Waals surface area contributed by atoms with Crippen molar-refractivity contribution < 1.29 is 19.4 Å². The van der Waals surface area contributed by atoms with Crippen LogP contribution in [0.4, 0.5) is 0 Å². The Bertz CT molecular complexity index is 1090. The molecule has 1 fully saturated rings. The fourth-order valence-electron chi connectivity index (χ4n) is 4.08. The second-order valence-corrected chi connectivity index (χ2v) is 8.83. The van der Waals surface area contributed by atoms with Crippen molar-refractivity contribution in [1.29, 1.82) is 0 Å². The van der Waals surface area contributed by atoms with E-state index >= 15 is 0 Å². The summed E-state index contributed by atoms with van der Waals surface area (Å²) in [5.74, 6) is 3.66. The number of nitrogens with zero attached hydrogens (tertiary/aromatic N) is 3. The van der Waals surface area contributed by atoms with Gasteiger partial charge in [0, 0.05) is 55.7 Å². The summed E-state index contributed by atoms with van der Waals surface area (Å²) in [5.41, 5.74) is 5.04. The van der Waals surface area contributed by atoms with Gasteiger partial charge in [-0.05, 0) is 35.4 Å². The lowest BCUT2D eigenvalue weighted by Gasteiger charge is -2.39. The number of carboxylic acid groups (broad SMARTS) is 1. The summed E-state index contributed by atoms with van der Waals surface area (Å²) >= 11 is 6.08. The van der Waals surface area contributed by atoms with Crippen molar-refractivity contribution in [1.82, 2.24) is 20.2 Å². The first-order valence-corrected chi connectivity index (χ1v) is 12.3. The van der Waals surface area contributed by atoms with E-state index in [1.165, 1.54) is 23.5 Å². The van der Waals surface area contributed by atoms with Gasteiger partial charge in [0.2, 0.25) is 0 Å². The smallest absolute Gasteiger partial charge is 0.329 e. The molecular weight excluding hydrogens is 494 g/mol. The zero-order valence-corrected chi connectivity index (χ0v) is 21.3. The van der Waals surface area contributed by atoms with Crippen molar-refractivity contribution in [2.24, 2.45) is 5.84 Å². The van der Waals surface area contributed by atoms with Crippen LogP contribution < -0.4 is 11.3 Å². The van der Waals surface area contributed by atoms with Gasteiger partial charge in [0.05, 0.1) is 12.6 Å². The molecule has 1 atom stereocenters. The molecule has 4 rings (SSSR count). The summed E-state index contributed by atoms with van der Waals surface area (Å²) in [7, 11) is 0. The molecule has 196 valence electrons. The summed E-state index contributed by atoms with van der Waals surface area (Å²) < 4.78 is 5.15. The number of rotatable bonds is 9. The number of amides is 1. The number of piperazine rings is 1. The van der Waals surface area contributed by atoms with Crippen LogP contribution in [-0.2, 0) is 9.53 Å². The van der Waals surface area contributed by atoms with Crippen molar-refractivity contribution in [3.05, 3.63) is 101 Å². The van der Waals surface area contributed by atoms with Gasteiger partial charge in [-0.2, -0.15) is 0 Å². The van der Waals surface area contributed by atoms with E-state index in [-0.39, 0.29) is 18.6 Å². The van der Waals surface area contributed by atoms with Gasteiger partial charge in [-0.3, -0.25) is 25.0 Å². The topological polar surface area (TPSA) is 121 Å². The van der Waals surface area contributed by atoms with Crippen molar-refractivity contribution >= 4 is 23.5 Å². The molecule has 1 aliphatic rings. The summed E-state index contributed by atoms with van der Waals surface area (Å²) in [5, 5.41) is 9.37. The molecule has 3 aromatic rings. The Morgan fingerprint density at radius 2 is 1.59 bits per heavy atom. The molecule has 1 unspecified atom stereocenters. The van der Waals surface area contributed by atoms with Gasteiger partial charge in [-0.1, -0.05) is 54.1 Å². The van der Waals surface area contributed by atoms with E-state index in [1.54, 1.807) is 12.1 Å². The minimum absolute atomic E-state index is 0.203. The summed E-state index contributed by atoms with van der Waals surface area (Å²) in [6.45, 7) is 4.75. The molecule has 1 saturated heterocycles. The Morgan fingerprint density at radius 1 is 0.973 bits per heavy atom. The van der Waals surface area contributed by atoms with E-state index in [0.29, 0.717) is 12.2 Å². The van der Waals surface area contributed by atoms with E-state index in [1.807, 2.05) is 23.6 Å². The van der Waals surface area contributed by atoms with E-state index in [0.717, 1.165) is 37.7 Å². The number of carbonyl (C=O) groups is 2. The molecule has 0 bridgehead atoms. The molecule has 0 spiro atoms. The van der Waals surface area contributed by atoms with E-state index in [9.17, 15) is 9.59 Å². The number of nitrogens with one attached hydrogen (secondary N) is 1. The molecule has 1 aromatic heterocycles. The number of aromatic nitrogens is 1. The number of nitrogens with two attached hydrogens (primary N) is 1. The molecular formula is C27H32ClN5O4. The Kier molecular flexibility index (Phi) is 11.5. The first-order chi connectivity index (χ1) is 18.0. The van der Waals surface area contributed by atoms with Crippen LogP contribution in [0.15, 0.2) is 79.1 Å². The predicted octanol–water partition coefficient (Wildman–Crippen LogP) is 2.83. The highest BCUT2D eigenvalue weighted by Gasteiger charge is 2.26. The van der Waals surface area contributed by atoms with Crippen LogP contribution in [0.5, 0.6) is 0 Å². The van der Waals surface area contributed by atoms with Crippen molar-refractivity contribution in [2.45, 2.75) is 6.04 Å². The minimum Gasteiger partial charge on any atom is -0.480 e. The van der Waals surface area contributed by atoms with Crippen LogP contribution >= 0.6 is 11.6 Å². The fraction of sp³-hybridized carbons (Fsp3) is 0.296. The lowest BCUT2D eigenvalue weighted by atomic mass is 9.96.